The summed E-state index contributed by atoms with van der Waals surface area (Å²) < 4.78 is 30.9. The second kappa shape index (κ2) is 65.9. The van der Waals surface area contributed by atoms with Crippen molar-refractivity contribution >= 4 is 19.7 Å². The lowest BCUT2D eigenvalue weighted by atomic mass is 10.0. The molecule has 0 saturated carbocycles. The minimum atomic E-state index is -4.45. The van der Waals surface area contributed by atoms with Crippen LogP contribution in [0.2, 0.25) is 0 Å². The van der Waals surface area contributed by atoms with Crippen LogP contribution in [0.15, 0.2) is 48.6 Å². The number of amides is 1. The number of phosphoric ester groups is 1. The Labute approximate surface area is 535 Å². The second-order valence-corrected chi connectivity index (χ2v) is 28.3. The molecule has 0 radical (unpaired) electrons. The summed E-state index contributed by atoms with van der Waals surface area (Å²) in [5.41, 5.74) is 0. The number of phosphoric acid groups is 1. The number of allylic oxidation sites excluding steroid dienone is 7. The van der Waals surface area contributed by atoms with Crippen molar-refractivity contribution in [3.8, 4) is 0 Å². The first-order valence-electron chi connectivity index (χ1n) is 37.5. The molecule has 0 aliphatic rings. The first-order chi connectivity index (χ1) is 41.9. The highest BCUT2D eigenvalue weighted by Crippen LogP contribution is 2.43. The minimum Gasteiger partial charge on any atom is -0.456 e. The van der Waals surface area contributed by atoms with Gasteiger partial charge in [-0.05, 0) is 89.5 Å². The van der Waals surface area contributed by atoms with Gasteiger partial charge < -0.3 is 19.4 Å². The zero-order valence-corrected chi connectivity index (χ0v) is 59.0. The van der Waals surface area contributed by atoms with Gasteiger partial charge in [0.2, 0.25) is 5.91 Å². The van der Waals surface area contributed by atoms with Gasteiger partial charge in [0.1, 0.15) is 19.3 Å². The van der Waals surface area contributed by atoms with Crippen molar-refractivity contribution < 1.29 is 37.3 Å². The summed E-state index contributed by atoms with van der Waals surface area (Å²) in [6.45, 7) is 7.04. The SMILES string of the molecule is CCCCC/C=C\C/C=C\CCCCCCCCCCCCCCCC(=O)NC(COP(=O)(O)OCC[N+](C)(C)C)C(/C=C/CCCCCCCCCCCC)OC(=O)CCCCCCCCCCCCCCCCC/C=C/CCCCCCCC. The van der Waals surface area contributed by atoms with Gasteiger partial charge in [-0.1, -0.05) is 320 Å². The van der Waals surface area contributed by atoms with E-state index in [1.165, 1.54) is 276 Å². The Morgan fingerprint density at radius 3 is 1.08 bits per heavy atom. The molecule has 2 N–H and O–H groups in total. The van der Waals surface area contributed by atoms with Crippen LogP contribution in [0.25, 0.3) is 0 Å². The van der Waals surface area contributed by atoms with Crippen LogP contribution < -0.4 is 5.32 Å². The zero-order chi connectivity index (χ0) is 62.8. The third kappa shape index (κ3) is 66.4. The molecule has 0 fully saturated rings. The Hall–Kier alpha value is -2.03. The van der Waals surface area contributed by atoms with Crippen LogP contribution in [0.5, 0.6) is 0 Å². The Morgan fingerprint density at radius 1 is 0.407 bits per heavy atom. The second-order valence-electron chi connectivity index (χ2n) is 26.8. The van der Waals surface area contributed by atoms with Gasteiger partial charge in [0, 0.05) is 12.8 Å². The first-order valence-corrected chi connectivity index (χ1v) is 39.0. The van der Waals surface area contributed by atoms with Crippen LogP contribution in [0.1, 0.15) is 374 Å². The monoisotopic (exact) mass is 1230 g/mol. The average Bonchev–Trinajstić information content (AvgIpc) is 3.66. The van der Waals surface area contributed by atoms with Gasteiger partial charge in [-0.15, -0.1) is 0 Å². The average molecular weight is 1230 g/mol. The molecule has 3 unspecified atom stereocenters. The molecule has 0 aliphatic heterocycles. The third-order valence-electron chi connectivity index (χ3n) is 17.0. The van der Waals surface area contributed by atoms with Crippen LogP contribution in [0, 0.1) is 0 Å². The van der Waals surface area contributed by atoms with E-state index in [-0.39, 0.29) is 25.1 Å². The highest BCUT2D eigenvalue weighted by atomic mass is 31.2. The molecule has 86 heavy (non-hydrogen) atoms. The molecule has 1 amide bonds. The number of hydrogen-bond acceptors (Lipinski definition) is 6. The van der Waals surface area contributed by atoms with Crippen LogP contribution in [-0.2, 0) is 27.9 Å². The lowest BCUT2D eigenvalue weighted by molar-refractivity contribution is -0.870. The molecule has 0 aliphatic carbocycles. The van der Waals surface area contributed by atoms with E-state index in [0.717, 1.165) is 64.2 Å². The van der Waals surface area contributed by atoms with E-state index in [1.54, 1.807) is 0 Å². The van der Waals surface area contributed by atoms with Crippen molar-refractivity contribution in [1.82, 2.24) is 5.32 Å². The topological polar surface area (TPSA) is 111 Å². The maximum absolute atomic E-state index is 13.6. The quantitative estimate of drug-likeness (QED) is 0.0205. The minimum absolute atomic E-state index is 0.0419. The van der Waals surface area contributed by atoms with Crippen molar-refractivity contribution in [3.05, 3.63) is 48.6 Å². The largest absolute Gasteiger partial charge is 0.472 e. The number of nitrogens with one attached hydrogen (secondary N) is 1. The summed E-state index contributed by atoms with van der Waals surface area (Å²) in [5, 5.41) is 3.08. The van der Waals surface area contributed by atoms with E-state index < -0.39 is 20.0 Å². The van der Waals surface area contributed by atoms with Gasteiger partial charge in [0.05, 0.1) is 33.8 Å². The number of hydrogen-bond donors (Lipinski definition) is 2. The molecule has 506 valence electrons. The van der Waals surface area contributed by atoms with Crippen molar-refractivity contribution in [2.45, 2.75) is 386 Å². The van der Waals surface area contributed by atoms with Crippen molar-refractivity contribution in [3.63, 3.8) is 0 Å². The number of carbonyl (C=O) groups is 2. The lowest BCUT2D eigenvalue weighted by Crippen LogP contribution is -2.47. The standard InChI is InChI=1S/C76H145N2O7P/c1-7-10-13-16-19-22-25-28-30-32-34-36-38-39-41-43-45-47-49-51-54-57-60-63-66-69-76(80)85-74(67-64-61-58-55-52-27-24-21-18-15-12-9-3)73(72-84-86(81,82)83-71-70-78(4,5)6)77-75(79)68-65-62-59-56-53-50-48-46-44-42-40-37-35-33-31-29-26-23-20-17-14-11-8-2/h20,23,28-31,64,67,73-74H,7-19,21-22,24-27,32-63,65-66,68-72H2,1-6H3,(H-,77,79,81,82)/p+1/b23-20-,30-28+,31-29-,67-64+. The molecule has 0 saturated heterocycles. The van der Waals surface area contributed by atoms with Crippen LogP contribution >= 0.6 is 7.82 Å². The van der Waals surface area contributed by atoms with E-state index in [9.17, 15) is 19.0 Å². The van der Waals surface area contributed by atoms with Crippen molar-refractivity contribution in [2.24, 2.45) is 0 Å². The molecule has 0 aromatic rings. The molecule has 9 nitrogen and oxygen atoms in total. The lowest BCUT2D eigenvalue weighted by Gasteiger charge is -2.27. The molecule has 0 bridgehead atoms. The molecule has 0 aromatic heterocycles. The van der Waals surface area contributed by atoms with E-state index >= 15 is 0 Å². The maximum atomic E-state index is 13.6. The van der Waals surface area contributed by atoms with Gasteiger partial charge in [-0.3, -0.25) is 18.6 Å². The van der Waals surface area contributed by atoms with Gasteiger partial charge in [0.15, 0.2) is 0 Å². The Morgan fingerprint density at radius 2 is 0.709 bits per heavy atom. The Balaban J connectivity index is 4.98. The molecular formula is C76H146N2O7P+. The van der Waals surface area contributed by atoms with Crippen LogP contribution in [0.4, 0.5) is 0 Å². The predicted octanol–water partition coefficient (Wildman–Crippen LogP) is 24.0. The number of likely N-dealkylation sites (N-methyl/N-ethyl adjacent to an activating group) is 1. The fourth-order valence-corrected chi connectivity index (χ4v) is 11.9. The van der Waals surface area contributed by atoms with Gasteiger partial charge >= 0.3 is 13.8 Å². The zero-order valence-electron chi connectivity index (χ0n) is 58.1. The predicted molar refractivity (Wildman–Crippen MR) is 374 cm³/mol. The molecule has 10 heteroatoms. The first kappa shape index (κ1) is 84.0. The molecular weight excluding hydrogens is 1080 g/mol. The molecule has 0 aromatic carbocycles. The van der Waals surface area contributed by atoms with E-state index in [0.29, 0.717) is 23.9 Å². The normalized spacial score (nSPS) is 13.7. The third-order valence-corrected chi connectivity index (χ3v) is 18.0. The molecule has 3 atom stereocenters. The summed E-state index contributed by atoms with van der Waals surface area (Å²) in [7, 11) is 1.51. The number of esters is 1. The summed E-state index contributed by atoms with van der Waals surface area (Å²) in [6.07, 6.45) is 84.2. The number of unbranched alkanes of at least 4 members (excludes halogenated alkanes) is 47. The fraction of sp³-hybridized carbons (Fsp3) is 0.868. The summed E-state index contributed by atoms with van der Waals surface area (Å²) in [6, 6.07) is -0.848. The fourth-order valence-electron chi connectivity index (χ4n) is 11.2. The number of rotatable bonds is 69. The van der Waals surface area contributed by atoms with Crippen LogP contribution in [0.3, 0.4) is 0 Å². The van der Waals surface area contributed by atoms with Gasteiger partial charge in [-0.2, -0.15) is 0 Å². The number of carbonyl (C=O) groups excluding carboxylic acids is 2. The Kier molecular flexibility index (Phi) is 64.4. The smallest absolute Gasteiger partial charge is 0.456 e. The summed E-state index contributed by atoms with van der Waals surface area (Å²) in [4.78, 5) is 38.0. The molecule has 0 spiro atoms. The molecule has 0 heterocycles. The van der Waals surface area contributed by atoms with Crippen LogP contribution in [-0.4, -0.2) is 74.3 Å². The van der Waals surface area contributed by atoms with Gasteiger partial charge in [0.25, 0.3) is 0 Å². The van der Waals surface area contributed by atoms with Crippen molar-refractivity contribution in [1.29, 1.82) is 0 Å². The highest BCUT2D eigenvalue weighted by Gasteiger charge is 2.30. The summed E-state index contributed by atoms with van der Waals surface area (Å²) >= 11 is 0. The van der Waals surface area contributed by atoms with Crippen molar-refractivity contribution in [2.75, 3.05) is 40.9 Å². The Bertz CT molecular complexity index is 1610. The maximum Gasteiger partial charge on any atom is 0.472 e. The van der Waals surface area contributed by atoms with Gasteiger partial charge in [-0.25, -0.2) is 4.57 Å². The van der Waals surface area contributed by atoms with E-state index in [1.807, 2.05) is 33.3 Å². The van der Waals surface area contributed by atoms with E-state index in [4.69, 9.17) is 13.8 Å². The van der Waals surface area contributed by atoms with E-state index in [2.05, 4.69) is 62.5 Å². The summed E-state index contributed by atoms with van der Waals surface area (Å²) in [5.74, 6) is -0.487. The number of quaternary nitrogens is 1. The molecule has 0 rings (SSSR count). The number of nitrogens with zero attached hydrogens (tertiary/aromatic N) is 1. The number of ether oxygens (including phenoxy) is 1. The highest BCUT2D eigenvalue weighted by molar-refractivity contribution is 7.47.